The number of hydrogen-bond donors (Lipinski definition) is 2. The number of benzene rings is 2. The number of ether oxygens (including phenoxy) is 3. The average molecular weight is 489 g/mol. The van der Waals surface area contributed by atoms with Gasteiger partial charge >= 0.3 is 0 Å². The Morgan fingerprint density at radius 2 is 1.78 bits per heavy atom. The maximum Gasteiger partial charge on any atom is 0.193 e. The highest BCUT2D eigenvalue weighted by Crippen LogP contribution is 2.29. The lowest BCUT2D eigenvalue weighted by molar-refractivity contribution is 0.327. The van der Waals surface area contributed by atoms with E-state index in [9.17, 15) is 4.39 Å². The maximum absolute atomic E-state index is 13.1. The van der Waals surface area contributed by atoms with Crippen molar-refractivity contribution >= 4 is 35.6 Å². The fraction of sp³-hybridized carbons (Fsp3) is 0.316. The van der Waals surface area contributed by atoms with Gasteiger partial charge in [-0.25, -0.2) is 9.38 Å². The molecule has 2 aromatic rings. The van der Waals surface area contributed by atoms with Gasteiger partial charge in [0.2, 0.25) is 0 Å². The molecular weight excluding hydrogens is 464 g/mol. The molecule has 27 heavy (non-hydrogen) atoms. The zero-order valence-electron chi connectivity index (χ0n) is 15.4. The predicted octanol–water partition coefficient (Wildman–Crippen LogP) is 4.05. The summed E-state index contributed by atoms with van der Waals surface area (Å²) in [5.41, 5.74) is 6.60. The summed E-state index contributed by atoms with van der Waals surface area (Å²) in [7, 11) is 0. The molecule has 0 aromatic heterocycles. The van der Waals surface area contributed by atoms with Crippen LogP contribution in [0, 0.1) is 5.82 Å². The summed E-state index contributed by atoms with van der Waals surface area (Å²) in [6.07, 6.45) is 0. The molecule has 0 aliphatic heterocycles. The number of rotatable bonds is 9. The molecule has 0 radical (unpaired) electrons. The van der Waals surface area contributed by atoms with Crippen LogP contribution in [-0.4, -0.2) is 32.3 Å². The number of nitrogens with zero attached hydrogens (tertiary/aromatic N) is 1. The van der Waals surface area contributed by atoms with Gasteiger partial charge in [-0.1, -0.05) is 6.07 Å². The largest absolute Gasteiger partial charge is 0.494 e. The summed E-state index contributed by atoms with van der Waals surface area (Å²) in [4.78, 5) is 4.20. The molecule has 6 nitrogen and oxygen atoms in total. The van der Waals surface area contributed by atoms with E-state index in [1.54, 1.807) is 18.2 Å². The van der Waals surface area contributed by atoms with E-state index in [4.69, 9.17) is 19.9 Å². The first-order valence-corrected chi connectivity index (χ1v) is 8.47. The van der Waals surface area contributed by atoms with Gasteiger partial charge in [-0.2, -0.15) is 0 Å². The van der Waals surface area contributed by atoms with E-state index in [2.05, 4.69) is 10.3 Å². The zero-order valence-corrected chi connectivity index (χ0v) is 17.7. The van der Waals surface area contributed by atoms with Crippen molar-refractivity contribution in [1.82, 2.24) is 0 Å². The second-order valence-electron chi connectivity index (χ2n) is 5.22. The SMILES string of the molecule is CCOc1ccc(OCC)c(NC(N)=NCCOc2cccc(F)c2)c1.I. The van der Waals surface area contributed by atoms with Crippen LogP contribution in [0.25, 0.3) is 0 Å². The molecule has 0 spiro atoms. The smallest absolute Gasteiger partial charge is 0.193 e. The van der Waals surface area contributed by atoms with Crippen molar-refractivity contribution in [3.8, 4) is 17.2 Å². The molecule has 0 bridgehead atoms. The summed E-state index contributed by atoms with van der Waals surface area (Å²) in [5, 5.41) is 3.01. The molecule has 0 saturated carbocycles. The van der Waals surface area contributed by atoms with Gasteiger partial charge in [0, 0.05) is 12.1 Å². The van der Waals surface area contributed by atoms with Crippen LogP contribution in [0.4, 0.5) is 10.1 Å². The number of halogens is 2. The first kappa shape index (κ1) is 22.8. The third-order valence-electron chi connectivity index (χ3n) is 3.26. The lowest BCUT2D eigenvalue weighted by Crippen LogP contribution is -2.24. The fourth-order valence-corrected chi connectivity index (χ4v) is 2.21. The number of nitrogens with one attached hydrogen (secondary N) is 1. The third kappa shape index (κ3) is 7.90. The quantitative estimate of drug-likeness (QED) is 0.241. The topological polar surface area (TPSA) is 78.1 Å². The summed E-state index contributed by atoms with van der Waals surface area (Å²) in [6.45, 7) is 5.52. The lowest BCUT2D eigenvalue weighted by atomic mass is 10.2. The van der Waals surface area contributed by atoms with E-state index >= 15 is 0 Å². The van der Waals surface area contributed by atoms with Crippen molar-refractivity contribution < 1.29 is 18.6 Å². The average Bonchev–Trinajstić information content (AvgIpc) is 2.61. The molecular formula is C19H25FIN3O3. The van der Waals surface area contributed by atoms with Crippen LogP contribution in [0.5, 0.6) is 17.2 Å². The van der Waals surface area contributed by atoms with E-state index in [-0.39, 0.29) is 42.4 Å². The molecule has 8 heteroatoms. The van der Waals surface area contributed by atoms with Gasteiger partial charge in [0.1, 0.15) is 29.7 Å². The summed E-state index contributed by atoms with van der Waals surface area (Å²) in [6, 6.07) is 11.4. The standard InChI is InChI=1S/C19H24FN3O3.HI/c1-3-24-16-8-9-18(25-4-2)17(13-16)23-19(21)22-10-11-26-15-7-5-6-14(20)12-15;/h5-9,12-13H,3-4,10-11H2,1-2H3,(H3,21,22,23);1H. The van der Waals surface area contributed by atoms with Gasteiger partial charge < -0.3 is 25.3 Å². The van der Waals surface area contributed by atoms with E-state index in [0.29, 0.717) is 42.7 Å². The molecule has 0 unspecified atom stereocenters. The summed E-state index contributed by atoms with van der Waals surface area (Å²) >= 11 is 0. The Kier molecular flexibility index (Phi) is 10.3. The van der Waals surface area contributed by atoms with E-state index in [1.165, 1.54) is 12.1 Å². The Bertz CT molecular complexity index is 744. The van der Waals surface area contributed by atoms with Crippen LogP contribution in [0.2, 0.25) is 0 Å². The molecule has 0 amide bonds. The first-order valence-electron chi connectivity index (χ1n) is 8.47. The van der Waals surface area contributed by atoms with E-state index in [0.717, 1.165) is 0 Å². The van der Waals surface area contributed by atoms with Gasteiger partial charge in [-0.15, -0.1) is 24.0 Å². The van der Waals surface area contributed by atoms with Gasteiger partial charge in [0.25, 0.3) is 0 Å². The highest BCUT2D eigenvalue weighted by Gasteiger charge is 2.07. The lowest BCUT2D eigenvalue weighted by Gasteiger charge is -2.14. The molecule has 0 saturated heterocycles. The highest BCUT2D eigenvalue weighted by atomic mass is 127. The predicted molar refractivity (Wildman–Crippen MR) is 116 cm³/mol. The van der Waals surface area contributed by atoms with Crippen molar-refractivity contribution in [3.05, 3.63) is 48.3 Å². The van der Waals surface area contributed by atoms with Gasteiger partial charge in [0.15, 0.2) is 5.96 Å². The van der Waals surface area contributed by atoms with Crippen LogP contribution < -0.4 is 25.3 Å². The molecule has 148 valence electrons. The Hall–Kier alpha value is -2.23. The molecule has 2 rings (SSSR count). The first-order chi connectivity index (χ1) is 12.6. The summed E-state index contributed by atoms with van der Waals surface area (Å²) in [5.74, 6) is 1.70. The normalized spacial score (nSPS) is 10.7. The Labute approximate surface area is 175 Å². The monoisotopic (exact) mass is 489 g/mol. The number of guanidine groups is 1. The molecule has 0 aliphatic carbocycles. The number of hydrogen-bond acceptors (Lipinski definition) is 4. The van der Waals surface area contributed by atoms with Crippen LogP contribution in [-0.2, 0) is 0 Å². The zero-order chi connectivity index (χ0) is 18.8. The van der Waals surface area contributed by atoms with Crippen molar-refractivity contribution in [1.29, 1.82) is 0 Å². The molecule has 0 heterocycles. The van der Waals surface area contributed by atoms with Crippen LogP contribution >= 0.6 is 24.0 Å². The molecule has 3 N–H and O–H groups in total. The second kappa shape index (κ2) is 12.2. The Morgan fingerprint density at radius 1 is 1.04 bits per heavy atom. The Balaban J connectivity index is 0.00000364. The number of aliphatic imine (C=N–C) groups is 1. The van der Waals surface area contributed by atoms with Gasteiger partial charge in [0.05, 0.1) is 25.4 Å². The van der Waals surface area contributed by atoms with Crippen molar-refractivity contribution in [3.63, 3.8) is 0 Å². The minimum atomic E-state index is -0.343. The second-order valence-corrected chi connectivity index (χ2v) is 5.22. The summed E-state index contributed by atoms with van der Waals surface area (Å²) < 4.78 is 29.6. The fourth-order valence-electron chi connectivity index (χ4n) is 2.21. The molecule has 0 fully saturated rings. The van der Waals surface area contributed by atoms with Crippen LogP contribution in [0.1, 0.15) is 13.8 Å². The van der Waals surface area contributed by atoms with Crippen LogP contribution in [0.3, 0.4) is 0 Å². The van der Waals surface area contributed by atoms with E-state index in [1.807, 2.05) is 26.0 Å². The van der Waals surface area contributed by atoms with Gasteiger partial charge in [-0.3, -0.25) is 0 Å². The van der Waals surface area contributed by atoms with Crippen molar-refractivity contribution in [2.45, 2.75) is 13.8 Å². The maximum atomic E-state index is 13.1. The number of nitrogens with two attached hydrogens (primary N) is 1. The highest BCUT2D eigenvalue weighted by molar-refractivity contribution is 14.0. The van der Waals surface area contributed by atoms with Crippen LogP contribution in [0.15, 0.2) is 47.5 Å². The van der Waals surface area contributed by atoms with E-state index < -0.39 is 0 Å². The minimum absolute atomic E-state index is 0. The van der Waals surface area contributed by atoms with Crippen molar-refractivity contribution in [2.75, 3.05) is 31.7 Å². The molecule has 0 aliphatic rings. The molecule has 0 atom stereocenters. The van der Waals surface area contributed by atoms with Crippen molar-refractivity contribution in [2.24, 2.45) is 10.7 Å². The van der Waals surface area contributed by atoms with Gasteiger partial charge in [-0.05, 0) is 38.1 Å². The minimum Gasteiger partial charge on any atom is -0.494 e. The number of anilines is 1. The molecule has 2 aromatic carbocycles. The third-order valence-corrected chi connectivity index (χ3v) is 3.26. The Morgan fingerprint density at radius 3 is 2.48 bits per heavy atom.